The highest BCUT2D eigenvalue weighted by atomic mass is 35.5. The van der Waals surface area contributed by atoms with E-state index in [1.54, 1.807) is 36.2 Å². The van der Waals surface area contributed by atoms with Crippen molar-refractivity contribution in [2.75, 3.05) is 26.7 Å². The number of amides is 3. The molecule has 3 N–H and O–H groups in total. The van der Waals surface area contributed by atoms with Crippen LogP contribution in [0.4, 0.5) is 0 Å². The topological polar surface area (TPSA) is 99.8 Å². The number of hydrogen-bond acceptors (Lipinski definition) is 5. The van der Waals surface area contributed by atoms with Crippen LogP contribution in [0.25, 0.3) is 0 Å². The van der Waals surface area contributed by atoms with Gasteiger partial charge in [0.05, 0.1) is 13.1 Å². The van der Waals surface area contributed by atoms with E-state index >= 15 is 0 Å². The fourth-order valence-electron chi connectivity index (χ4n) is 1.94. The van der Waals surface area contributed by atoms with Gasteiger partial charge >= 0.3 is 0 Å². The summed E-state index contributed by atoms with van der Waals surface area (Å²) in [6.07, 6.45) is 2.03. The second-order valence-corrected chi connectivity index (χ2v) is 6.29. The highest BCUT2D eigenvalue weighted by molar-refractivity contribution is 6.30. The molecule has 9 heteroatoms. The molecule has 0 heterocycles. The lowest BCUT2D eigenvalue weighted by molar-refractivity contribution is -0.131. The van der Waals surface area contributed by atoms with Gasteiger partial charge in [0, 0.05) is 11.1 Å². The average molecular weight is 369 g/mol. The van der Waals surface area contributed by atoms with Gasteiger partial charge in [-0.2, -0.15) is 0 Å². The summed E-state index contributed by atoms with van der Waals surface area (Å²) in [5, 5.41) is 3.41. The maximum atomic E-state index is 11.7. The Morgan fingerprint density at radius 1 is 1.08 bits per heavy atom. The Bertz CT molecular complexity index is 619. The van der Waals surface area contributed by atoms with Crippen molar-refractivity contribution in [2.45, 2.75) is 18.9 Å². The van der Waals surface area contributed by atoms with E-state index < -0.39 is 11.8 Å². The zero-order valence-electron chi connectivity index (χ0n) is 13.9. The highest BCUT2D eigenvalue weighted by Gasteiger charge is 2.23. The molecule has 1 aliphatic rings. The van der Waals surface area contributed by atoms with E-state index in [-0.39, 0.29) is 31.6 Å². The molecule has 0 saturated heterocycles. The molecule has 2 rings (SSSR count). The van der Waals surface area contributed by atoms with Crippen molar-refractivity contribution in [1.82, 2.24) is 21.1 Å². The number of ether oxygens (including phenoxy) is 1. The van der Waals surface area contributed by atoms with Crippen LogP contribution in [0.3, 0.4) is 0 Å². The number of nitrogens with one attached hydrogen (secondary N) is 3. The number of nitrogens with zero attached hydrogens (tertiary/aromatic N) is 1. The third-order valence-corrected chi connectivity index (χ3v) is 3.55. The summed E-state index contributed by atoms with van der Waals surface area (Å²) in [7, 11) is 1.65. The molecule has 1 saturated carbocycles. The summed E-state index contributed by atoms with van der Waals surface area (Å²) in [4.78, 5) is 36.5. The third-order valence-electron chi connectivity index (χ3n) is 3.29. The summed E-state index contributed by atoms with van der Waals surface area (Å²) in [5.74, 6) is -0.551. The number of hydrazine groups is 1. The molecule has 3 amide bonds. The Hall–Kier alpha value is -2.32. The fraction of sp³-hybridized carbons (Fsp3) is 0.438. The average Bonchev–Trinajstić information content (AvgIpc) is 3.36. The van der Waals surface area contributed by atoms with Gasteiger partial charge in [-0.1, -0.05) is 11.6 Å². The molecule has 1 aliphatic carbocycles. The van der Waals surface area contributed by atoms with Crippen molar-refractivity contribution in [3.63, 3.8) is 0 Å². The first-order valence-electron chi connectivity index (χ1n) is 7.86. The Morgan fingerprint density at radius 2 is 1.68 bits per heavy atom. The summed E-state index contributed by atoms with van der Waals surface area (Å²) >= 11 is 5.75. The molecule has 0 spiro atoms. The second-order valence-electron chi connectivity index (χ2n) is 5.85. The molecular formula is C16H21ClN4O4. The van der Waals surface area contributed by atoms with Crippen molar-refractivity contribution in [3.8, 4) is 5.75 Å². The molecule has 0 unspecified atom stereocenters. The van der Waals surface area contributed by atoms with Crippen LogP contribution in [0.1, 0.15) is 12.8 Å². The van der Waals surface area contributed by atoms with Crippen LogP contribution >= 0.6 is 11.6 Å². The van der Waals surface area contributed by atoms with E-state index in [1.165, 1.54) is 0 Å². The normalized spacial score (nSPS) is 13.2. The first-order chi connectivity index (χ1) is 11.9. The molecule has 0 aromatic heterocycles. The molecule has 0 aliphatic heterocycles. The van der Waals surface area contributed by atoms with Crippen molar-refractivity contribution >= 4 is 29.3 Å². The van der Waals surface area contributed by atoms with Crippen molar-refractivity contribution in [3.05, 3.63) is 29.3 Å². The minimum Gasteiger partial charge on any atom is -0.484 e. The van der Waals surface area contributed by atoms with E-state index in [9.17, 15) is 14.4 Å². The molecule has 0 atom stereocenters. The van der Waals surface area contributed by atoms with Crippen molar-refractivity contribution in [2.24, 2.45) is 0 Å². The lowest BCUT2D eigenvalue weighted by atomic mass is 10.3. The minimum atomic E-state index is -0.502. The van der Waals surface area contributed by atoms with E-state index in [0.717, 1.165) is 12.8 Å². The number of hydrogen-bond donors (Lipinski definition) is 3. The predicted octanol–water partition coefficient (Wildman–Crippen LogP) is 0.0766. The van der Waals surface area contributed by atoms with Gasteiger partial charge in [0.2, 0.25) is 5.91 Å². The van der Waals surface area contributed by atoms with Crippen LogP contribution < -0.4 is 20.9 Å². The molecule has 0 radical (unpaired) electrons. The van der Waals surface area contributed by atoms with Crippen LogP contribution in [-0.4, -0.2) is 55.4 Å². The number of likely N-dealkylation sites (N-methyl/N-ethyl adjacent to an activating group) is 1. The lowest BCUT2D eigenvalue weighted by Gasteiger charge is -2.16. The molecular weight excluding hydrogens is 348 g/mol. The van der Waals surface area contributed by atoms with E-state index in [0.29, 0.717) is 10.8 Å². The van der Waals surface area contributed by atoms with Crippen LogP contribution in [-0.2, 0) is 14.4 Å². The van der Waals surface area contributed by atoms with Crippen molar-refractivity contribution in [1.29, 1.82) is 0 Å². The monoisotopic (exact) mass is 368 g/mol. The molecule has 1 aromatic rings. The number of carbonyl (C=O) groups is 3. The number of carbonyl (C=O) groups excluding carboxylic acids is 3. The van der Waals surface area contributed by atoms with E-state index in [4.69, 9.17) is 16.3 Å². The van der Waals surface area contributed by atoms with Gasteiger partial charge in [-0.3, -0.25) is 30.1 Å². The highest BCUT2D eigenvalue weighted by Crippen LogP contribution is 2.18. The standard InChI is InChI=1S/C16H21ClN4O4/c1-21(8-14(22)18-12-4-5-12)9-15(23)19-20-16(24)10-25-13-6-2-11(17)3-7-13/h2-3,6-7,12H,4-5,8-10H2,1H3,(H,18,22)(H,19,23)(H,20,24). The van der Waals surface area contributed by atoms with Gasteiger partial charge in [-0.15, -0.1) is 0 Å². The third kappa shape index (κ3) is 7.86. The summed E-state index contributed by atoms with van der Waals surface area (Å²) < 4.78 is 5.25. The molecule has 136 valence electrons. The number of rotatable bonds is 8. The Morgan fingerprint density at radius 3 is 2.32 bits per heavy atom. The van der Waals surface area contributed by atoms with Gasteiger partial charge in [-0.25, -0.2) is 0 Å². The zero-order valence-corrected chi connectivity index (χ0v) is 14.6. The number of benzene rings is 1. The molecule has 8 nitrogen and oxygen atoms in total. The van der Waals surface area contributed by atoms with Crippen LogP contribution in [0.2, 0.25) is 5.02 Å². The number of halogens is 1. The molecule has 25 heavy (non-hydrogen) atoms. The van der Waals surface area contributed by atoms with E-state index in [1.807, 2.05) is 0 Å². The summed E-state index contributed by atoms with van der Waals surface area (Å²) in [5.41, 5.74) is 4.52. The van der Waals surface area contributed by atoms with Crippen molar-refractivity contribution < 1.29 is 19.1 Å². The van der Waals surface area contributed by atoms with E-state index in [2.05, 4.69) is 16.2 Å². The van der Waals surface area contributed by atoms with Gasteiger partial charge in [0.15, 0.2) is 6.61 Å². The van der Waals surface area contributed by atoms with Gasteiger partial charge in [-0.05, 0) is 44.2 Å². The van der Waals surface area contributed by atoms with Gasteiger partial charge in [0.1, 0.15) is 5.75 Å². The largest absolute Gasteiger partial charge is 0.484 e. The predicted molar refractivity (Wildman–Crippen MR) is 91.9 cm³/mol. The first kappa shape index (κ1) is 19.0. The SMILES string of the molecule is CN(CC(=O)NNC(=O)COc1ccc(Cl)cc1)CC(=O)NC1CC1. The second kappa shape index (κ2) is 9.24. The zero-order chi connectivity index (χ0) is 18.2. The van der Waals surface area contributed by atoms with Crippen LogP contribution in [0.15, 0.2) is 24.3 Å². The smallest absolute Gasteiger partial charge is 0.276 e. The minimum absolute atomic E-state index is 0.0175. The molecule has 0 bridgehead atoms. The maximum absolute atomic E-state index is 11.7. The van der Waals surface area contributed by atoms with Crippen LogP contribution in [0, 0.1) is 0 Å². The Kier molecular flexibility index (Phi) is 7.03. The van der Waals surface area contributed by atoms with Gasteiger partial charge in [0.25, 0.3) is 11.8 Å². The lowest BCUT2D eigenvalue weighted by Crippen LogP contribution is -2.48. The van der Waals surface area contributed by atoms with Gasteiger partial charge < -0.3 is 10.1 Å². The summed E-state index contributed by atoms with van der Waals surface area (Å²) in [6.45, 7) is -0.143. The molecule has 1 fully saturated rings. The Labute approximate surface area is 150 Å². The van der Waals surface area contributed by atoms with Crippen LogP contribution in [0.5, 0.6) is 5.75 Å². The Balaban J connectivity index is 1.58. The summed E-state index contributed by atoms with van der Waals surface area (Å²) in [6, 6.07) is 6.85. The maximum Gasteiger partial charge on any atom is 0.276 e. The first-order valence-corrected chi connectivity index (χ1v) is 8.24. The fourth-order valence-corrected chi connectivity index (χ4v) is 2.07. The quantitative estimate of drug-likeness (QED) is 0.564. The molecule has 1 aromatic carbocycles.